The van der Waals surface area contributed by atoms with Crippen LogP contribution in [0.25, 0.3) is 0 Å². The molecule has 0 aliphatic carbocycles. The van der Waals surface area contributed by atoms with Crippen LogP contribution in [-0.4, -0.2) is 9.97 Å². The highest BCUT2D eigenvalue weighted by atomic mass is 16.1. The van der Waals surface area contributed by atoms with Crippen LogP contribution in [0.2, 0.25) is 0 Å². The Morgan fingerprint density at radius 3 is 1.70 bits per heavy atom. The van der Waals surface area contributed by atoms with Crippen molar-refractivity contribution in [2.45, 2.75) is 123 Å². The summed E-state index contributed by atoms with van der Waals surface area (Å²) in [5, 5.41) is 0.556. The smallest absolute Gasteiger partial charge is 0.227 e. The van der Waals surface area contributed by atoms with E-state index >= 15 is 0 Å². The van der Waals surface area contributed by atoms with Gasteiger partial charge in [0.15, 0.2) is 0 Å². The molecular weight excluding hydrogens is 372 g/mol. The van der Waals surface area contributed by atoms with E-state index in [9.17, 15) is 9.59 Å². The number of nitrogens with zero attached hydrogens (tertiary/aromatic N) is 2. The fourth-order valence-corrected chi connectivity index (χ4v) is 4.50. The summed E-state index contributed by atoms with van der Waals surface area (Å²) in [6.07, 6.45) is 22.6. The molecule has 0 aromatic heterocycles. The van der Waals surface area contributed by atoms with Crippen molar-refractivity contribution in [3.05, 3.63) is 43.0 Å². The van der Waals surface area contributed by atoms with Crippen LogP contribution in [0.5, 0.6) is 0 Å². The van der Waals surface area contributed by atoms with Crippen LogP contribution in [-0.2, 0) is 6.42 Å². The maximum atomic E-state index is 12.6. The van der Waals surface area contributed by atoms with Crippen LogP contribution in [0.1, 0.15) is 122 Å². The zero-order valence-corrected chi connectivity index (χ0v) is 19.4. The lowest BCUT2D eigenvalue weighted by Gasteiger charge is -2.16. The van der Waals surface area contributed by atoms with Crippen molar-refractivity contribution in [1.29, 1.82) is 0 Å². The Kier molecular flexibility index (Phi) is 11.9. The molecular formula is C26H42N2O2. The van der Waals surface area contributed by atoms with Crippen molar-refractivity contribution in [2.75, 3.05) is 0 Å². The highest BCUT2D eigenvalue weighted by molar-refractivity contribution is 5.12. The summed E-state index contributed by atoms with van der Waals surface area (Å²) < 4.78 is 0. The molecule has 168 valence electrons. The van der Waals surface area contributed by atoms with Gasteiger partial charge < -0.3 is 0 Å². The average Bonchev–Trinajstić information content (AvgIpc) is 3.26. The quantitative estimate of drug-likeness (QED) is 0.271. The van der Waals surface area contributed by atoms with E-state index in [4.69, 9.17) is 0 Å². The molecule has 0 fully saturated rings. The molecule has 0 N–H and O–H groups in total. The lowest BCUT2D eigenvalue weighted by molar-refractivity contribution is 0.397. The zero-order valence-electron chi connectivity index (χ0n) is 19.4. The fourth-order valence-electron chi connectivity index (χ4n) is 4.50. The second-order valence-electron chi connectivity index (χ2n) is 9.10. The van der Waals surface area contributed by atoms with Gasteiger partial charge in [-0.15, -0.1) is 0 Å². The van der Waals surface area contributed by atoms with Crippen molar-refractivity contribution in [1.82, 2.24) is 9.97 Å². The van der Waals surface area contributed by atoms with E-state index in [1.807, 2.05) is 0 Å². The molecule has 0 amide bonds. The van der Waals surface area contributed by atoms with Crippen LogP contribution in [0.15, 0.2) is 15.8 Å². The first-order chi connectivity index (χ1) is 14.7. The molecule has 0 saturated heterocycles. The molecule has 2 heterocycles. The Balaban J connectivity index is 1.81. The summed E-state index contributed by atoms with van der Waals surface area (Å²) >= 11 is 0. The summed E-state index contributed by atoms with van der Waals surface area (Å²) in [6, 6.07) is 0. The van der Waals surface area contributed by atoms with Crippen LogP contribution in [0.3, 0.4) is 0 Å². The maximum absolute atomic E-state index is 12.6. The molecule has 2 aliphatic heterocycles. The normalized spacial score (nSPS) is 12.7. The van der Waals surface area contributed by atoms with Gasteiger partial charge in [-0.3, -0.25) is 9.59 Å². The molecule has 0 saturated carbocycles. The van der Waals surface area contributed by atoms with Crippen LogP contribution >= 0.6 is 0 Å². The van der Waals surface area contributed by atoms with Gasteiger partial charge in [0, 0.05) is 0 Å². The Morgan fingerprint density at radius 1 is 0.700 bits per heavy atom. The third-order valence-electron chi connectivity index (χ3n) is 6.41. The van der Waals surface area contributed by atoms with Gasteiger partial charge >= 0.3 is 0 Å². The van der Waals surface area contributed by atoms with E-state index in [0.717, 1.165) is 12.8 Å². The lowest BCUT2D eigenvalue weighted by Crippen LogP contribution is -2.13. The topological polar surface area (TPSA) is 59.9 Å². The average molecular weight is 415 g/mol. The lowest BCUT2D eigenvalue weighted by atomic mass is 9.90. The Hall–Kier alpha value is -1.58. The van der Waals surface area contributed by atoms with Gasteiger partial charge in [-0.2, -0.15) is 0 Å². The van der Waals surface area contributed by atoms with Crippen molar-refractivity contribution < 1.29 is 0 Å². The summed E-state index contributed by atoms with van der Waals surface area (Å²) in [5.41, 5.74) is 0.237. The van der Waals surface area contributed by atoms with Crippen molar-refractivity contribution in [2.24, 2.45) is 5.92 Å². The highest BCUT2D eigenvalue weighted by Gasteiger charge is 2.17. The third-order valence-corrected chi connectivity index (χ3v) is 6.41. The van der Waals surface area contributed by atoms with Crippen molar-refractivity contribution >= 4 is 0 Å². The van der Waals surface area contributed by atoms with E-state index < -0.39 is 0 Å². The molecule has 1 atom stereocenters. The summed E-state index contributed by atoms with van der Waals surface area (Å²) in [7, 11) is 0. The van der Waals surface area contributed by atoms with E-state index in [2.05, 4.69) is 23.8 Å². The predicted octanol–water partition coefficient (Wildman–Crippen LogP) is 6.24. The minimum atomic E-state index is -0.219. The van der Waals surface area contributed by atoms with Crippen LogP contribution in [0.4, 0.5) is 0 Å². The van der Waals surface area contributed by atoms with Crippen molar-refractivity contribution in [3.63, 3.8) is 0 Å². The van der Waals surface area contributed by atoms with Crippen LogP contribution < -0.4 is 10.9 Å². The molecule has 30 heavy (non-hydrogen) atoms. The minimum absolute atomic E-state index is 0.115. The largest absolute Gasteiger partial charge is 0.286 e. The van der Waals surface area contributed by atoms with Gasteiger partial charge in [0.1, 0.15) is 10.7 Å². The number of hydrogen-bond donors (Lipinski definition) is 0. The first-order valence-electron chi connectivity index (χ1n) is 12.6. The second-order valence-corrected chi connectivity index (χ2v) is 9.10. The molecule has 2 rings (SSSR count). The summed E-state index contributed by atoms with van der Waals surface area (Å²) in [4.78, 5) is 32.7. The van der Waals surface area contributed by atoms with E-state index in [1.54, 1.807) is 0 Å². The van der Waals surface area contributed by atoms with Gasteiger partial charge in [0.05, 0.1) is 11.9 Å². The maximum Gasteiger partial charge on any atom is 0.227 e. The van der Waals surface area contributed by atoms with E-state index in [1.165, 1.54) is 96.1 Å². The summed E-state index contributed by atoms with van der Waals surface area (Å²) in [5.74, 6) is 0.498. The number of unbranched alkanes of at least 4 members (excludes halogenated alkanes) is 12. The standard InChI is InChI=1S/C26H42N2O2/c1-3-5-7-9-11-12-14-16-18-21(17-15-13-10-8-6-4-2)19-22-26(30)25-24(28-22)23(29)20-27-25/h20-21H,3-19H2,1-2H3. The van der Waals surface area contributed by atoms with Gasteiger partial charge in [-0.05, 0) is 12.3 Å². The molecule has 4 nitrogen and oxygen atoms in total. The van der Waals surface area contributed by atoms with Gasteiger partial charge in [0.2, 0.25) is 10.9 Å². The molecule has 0 aromatic rings. The first kappa shape index (κ1) is 24.7. The Bertz CT molecular complexity index is 838. The Labute approximate surface area is 182 Å². The molecule has 2 aliphatic rings. The Morgan fingerprint density at radius 2 is 1.20 bits per heavy atom. The number of hydrogen-bond acceptors (Lipinski definition) is 4. The van der Waals surface area contributed by atoms with Gasteiger partial charge in [0.25, 0.3) is 0 Å². The molecule has 1 unspecified atom stereocenters. The minimum Gasteiger partial charge on any atom is -0.286 e. The van der Waals surface area contributed by atoms with Crippen LogP contribution in [0, 0.1) is 16.6 Å². The molecule has 0 radical (unpaired) electrons. The summed E-state index contributed by atoms with van der Waals surface area (Å²) in [6.45, 7) is 4.51. The predicted molar refractivity (Wildman–Crippen MR) is 125 cm³/mol. The molecule has 4 heteroatoms. The zero-order chi connectivity index (χ0) is 21.6. The van der Waals surface area contributed by atoms with Gasteiger partial charge in [-0.25, -0.2) is 9.97 Å². The van der Waals surface area contributed by atoms with Crippen molar-refractivity contribution in [3.8, 4) is 0 Å². The van der Waals surface area contributed by atoms with E-state index in [-0.39, 0.29) is 21.6 Å². The van der Waals surface area contributed by atoms with Gasteiger partial charge in [-0.1, -0.05) is 117 Å². The monoisotopic (exact) mass is 414 g/mol. The second kappa shape index (κ2) is 14.4. The molecule has 0 bridgehead atoms. The van der Waals surface area contributed by atoms with E-state index in [0.29, 0.717) is 18.0 Å². The third kappa shape index (κ3) is 8.28. The SMILES string of the molecule is CCCCCCCCCCC(CCCCCCCC)Cc1nc2c(=O)cnc=2c1=O. The fraction of sp³-hybridized carbons (Fsp3) is 0.769. The highest BCUT2D eigenvalue weighted by Crippen LogP contribution is 2.22. The molecule has 0 spiro atoms. The molecule has 0 aromatic carbocycles. The first-order valence-corrected chi connectivity index (χ1v) is 12.6. The number of aromatic nitrogens is 2. The number of rotatable bonds is 18.